The van der Waals surface area contributed by atoms with E-state index >= 15 is 0 Å². The Bertz CT molecular complexity index is 3160. The van der Waals surface area contributed by atoms with Gasteiger partial charge in [-0.25, -0.2) is 0 Å². The Kier molecular flexibility index (Phi) is 6.55. The van der Waals surface area contributed by atoms with E-state index in [0.717, 1.165) is 55.6 Å². The van der Waals surface area contributed by atoms with Crippen LogP contribution in [0.1, 0.15) is 0 Å². The number of benzene rings is 9. The van der Waals surface area contributed by atoms with E-state index in [1.807, 2.05) is 0 Å². The predicted molar refractivity (Wildman–Crippen MR) is 223 cm³/mol. The minimum absolute atomic E-state index is 0.862. The third-order valence-corrected chi connectivity index (χ3v) is 10.8. The Labute approximate surface area is 306 Å². The molecule has 0 bridgehead atoms. The highest BCUT2D eigenvalue weighted by Crippen LogP contribution is 2.47. The Morgan fingerprint density at radius 3 is 1.83 bits per heavy atom. The van der Waals surface area contributed by atoms with Crippen LogP contribution >= 0.6 is 0 Å². The van der Waals surface area contributed by atoms with E-state index in [0.29, 0.717) is 0 Å². The van der Waals surface area contributed by atoms with Crippen LogP contribution in [0, 0.1) is 0 Å². The highest BCUT2D eigenvalue weighted by atomic mass is 16.3. The van der Waals surface area contributed by atoms with Gasteiger partial charge in [-0.3, -0.25) is 0 Å². The van der Waals surface area contributed by atoms with E-state index in [2.05, 4.69) is 204 Å². The van der Waals surface area contributed by atoms with Crippen molar-refractivity contribution in [3.63, 3.8) is 0 Å². The van der Waals surface area contributed by atoms with Crippen molar-refractivity contribution in [2.24, 2.45) is 0 Å². The Hall–Kier alpha value is -7.10. The molecule has 0 saturated heterocycles. The molecule has 0 aliphatic heterocycles. The highest BCUT2D eigenvalue weighted by molar-refractivity contribution is 6.20. The zero-order chi connectivity index (χ0) is 34.9. The fraction of sp³-hybridized carbons (Fsp3) is 0. The lowest BCUT2D eigenvalue weighted by Gasteiger charge is -2.27. The molecule has 248 valence electrons. The molecule has 9 aromatic carbocycles. The lowest BCUT2D eigenvalue weighted by molar-refractivity contribution is 0.673. The molecule has 2 heterocycles. The number of furan rings is 1. The first-order valence-electron chi connectivity index (χ1n) is 18.1. The van der Waals surface area contributed by atoms with Crippen molar-refractivity contribution in [3.8, 4) is 16.8 Å². The summed E-state index contributed by atoms with van der Waals surface area (Å²) in [4.78, 5) is 2.39. The first kappa shape index (κ1) is 29.6. The fourth-order valence-electron chi connectivity index (χ4n) is 8.40. The van der Waals surface area contributed by atoms with Gasteiger partial charge in [0.25, 0.3) is 0 Å². The molecule has 3 nitrogen and oxygen atoms in total. The third-order valence-electron chi connectivity index (χ3n) is 10.8. The van der Waals surface area contributed by atoms with Gasteiger partial charge in [0.15, 0.2) is 5.58 Å². The van der Waals surface area contributed by atoms with Crippen molar-refractivity contribution in [1.29, 1.82) is 0 Å². The third kappa shape index (κ3) is 4.54. The van der Waals surface area contributed by atoms with Gasteiger partial charge in [0.2, 0.25) is 0 Å². The lowest BCUT2D eigenvalue weighted by Crippen LogP contribution is -2.10. The summed E-state index contributed by atoms with van der Waals surface area (Å²) < 4.78 is 9.37. The average molecular weight is 677 g/mol. The molecule has 0 spiro atoms. The smallest absolute Gasteiger partial charge is 0.159 e. The van der Waals surface area contributed by atoms with Gasteiger partial charge in [-0.1, -0.05) is 140 Å². The average Bonchev–Trinajstić information content (AvgIpc) is 3.79. The molecule has 0 atom stereocenters. The van der Waals surface area contributed by atoms with Gasteiger partial charge in [0.05, 0.1) is 22.4 Å². The van der Waals surface area contributed by atoms with Crippen molar-refractivity contribution in [2.45, 2.75) is 0 Å². The van der Waals surface area contributed by atoms with E-state index in [1.54, 1.807) is 0 Å². The molecular weight excluding hydrogens is 645 g/mol. The summed E-state index contributed by atoms with van der Waals surface area (Å²) in [5.41, 5.74) is 10.8. The Morgan fingerprint density at radius 2 is 0.981 bits per heavy atom. The van der Waals surface area contributed by atoms with Crippen LogP contribution < -0.4 is 4.90 Å². The molecule has 0 saturated carbocycles. The molecule has 11 aromatic rings. The van der Waals surface area contributed by atoms with Crippen LogP contribution in [0.2, 0.25) is 0 Å². The molecule has 0 radical (unpaired) electrons. The molecule has 53 heavy (non-hydrogen) atoms. The summed E-state index contributed by atoms with van der Waals surface area (Å²) in [7, 11) is 0. The minimum Gasteiger partial charge on any atom is -0.453 e. The number of rotatable bonds is 5. The van der Waals surface area contributed by atoms with Gasteiger partial charge in [-0.15, -0.1) is 0 Å². The number of hydrogen-bond donors (Lipinski definition) is 0. The van der Waals surface area contributed by atoms with Crippen molar-refractivity contribution in [3.05, 3.63) is 194 Å². The number of nitrogens with zero attached hydrogens (tertiary/aromatic N) is 2. The maximum atomic E-state index is 6.99. The summed E-state index contributed by atoms with van der Waals surface area (Å²) >= 11 is 0. The van der Waals surface area contributed by atoms with E-state index in [1.165, 1.54) is 43.6 Å². The number of fused-ring (bicyclic) bond motifs is 9. The molecule has 2 aromatic heterocycles. The van der Waals surface area contributed by atoms with Gasteiger partial charge in [0.1, 0.15) is 5.58 Å². The van der Waals surface area contributed by atoms with Crippen LogP contribution in [0.3, 0.4) is 0 Å². The van der Waals surface area contributed by atoms with Crippen LogP contribution in [-0.2, 0) is 0 Å². The summed E-state index contributed by atoms with van der Waals surface area (Å²) in [6.45, 7) is 0. The first-order valence-corrected chi connectivity index (χ1v) is 18.1. The molecule has 3 heteroatoms. The Balaban J connectivity index is 1.20. The molecular formula is C50H32N2O. The van der Waals surface area contributed by atoms with Gasteiger partial charge >= 0.3 is 0 Å². The number of anilines is 3. The van der Waals surface area contributed by atoms with E-state index in [4.69, 9.17) is 4.42 Å². The van der Waals surface area contributed by atoms with Gasteiger partial charge in [-0.05, 0) is 81.9 Å². The van der Waals surface area contributed by atoms with Gasteiger partial charge in [0, 0.05) is 38.3 Å². The molecule has 0 aliphatic rings. The van der Waals surface area contributed by atoms with Crippen LogP contribution in [0.4, 0.5) is 17.1 Å². The minimum atomic E-state index is 0.862. The molecule has 0 N–H and O–H groups in total. The van der Waals surface area contributed by atoms with Crippen molar-refractivity contribution in [2.75, 3.05) is 4.90 Å². The predicted octanol–water partition coefficient (Wildman–Crippen LogP) is 14.1. The van der Waals surface area contributed by atoms with E-state index in [9.17, 15) is 0 Å². The second kappa shape index (κ2) is 11.7. The van der Waals surface area contributed by atoms with E-state index < -0.39 is 0 Å². The fourth-order valence-corrected chi connectivity index (χ4v) is 8.40. The normalized spacial score (nSPS) is 11.8. The quantitative estimate of drug-likeness (QED) is 0.181. The van der Waals surface area contributed by atoms with Crippen LogP contribution in [0.25, 0.3) is 82.1 Å². The second-order valence-electron chi connectivity index (χ2n) is 13.7. The van der Waals surface area contributed by atoms with Gasteiger partial charge in [-0.2, -0.15) is 0 Å². The SMILES string of the molecule is c1ccc(-n2c3ccccc3c3c(N(c4ccc(-c5cccc6ccccc56)cc4)c4cccc5c4oc4c6ccccc6ccc54)cccc32)cc1. The second-order valence-corrected chi connectivity index (χ2v) is 13.7. The lowest BCUT2D eigenvalue weighted by atomic mass is 9.98. The molecule has 0 amide bonds. The van der Waals surface area contributed by atoms with Gasteiger partial charge < -0.3 is 13.9 Å². The summed E-state index contributed by atoms with van der Waals surface area (Å²) in [6.07, 6.45) is 0. The van der Waals surface area contributed by atoms with Crippen molar-refractivity contribution < 1.29 is 4.42 Å². The summed E-state index contributed by atoms with van der Waals surface area (Å²) in [6, 6.07) is 69.6. The highest BCUT2D eigenvalue weighted by Gasteiger charge is 2.24. The van der Waals surface area contributed by atoms with Crippen LogP contribution in [-0.4, -0.2) is 4.57 Å². The molecule has 0 fully saturated rings. The van der Waals surface area contributed by atoms with Crippen LogP contribution in [0.5, 0.6) is 0 Å². The largest absolute Gasteiger partial charge is 0.453 e. The van der Waals surface area contributed by atoms with Crippen LogP contribution in [0.15, 0.2) is 199 Å². The number of hydrogen-bond acceptors (Lipinski definition) is 2. The van der Waals surface area contributed by atoms with Crippen molar-refractivity contribution >= 4 is 82.4 Å². The van der Waals surface area contributed by atoms with Crippen molar-refractivity contribution in [1.82, 2.24) is 4.57 Å². The summed E-state index contributed by atoms with van der Waals surface area (Å²) in [5, 5.41) is 9.36. The number of para-hydroxylation sites is 3. The topological polar surface area (TPSA) is 21.3 Å². The number of aromatic nitrogens is 1. The Morgan fingerprint density at radius 1 is 0.377 bits per heavy atom. The summed E-state index contributed by atoms with van der Waals surface area (Å²) in [5.74, 6) is 0. The van der Waals surface area contributed by atoms with E-state index in [-0.39, 0.29) is 0 Å². The maximum Gasteiger partial charge on any atom is 0.159 e. The zero-order valence-electron chi connectivity index (χ0n) is 28.8. The molecule has 11 rings (SSSR count). The molecule has 0 unspecified atom stereocenters. The standard InChI is InChI=1S/C50H32N2O/c1-2-16-36(17-3-1)51-44-23-9-8-20-43(44)48-45(51)24-12-25-46(48)52(37-30-27-35(28-31-37)39-21-10-15-33-13-4-6-18-38(33)39)47-26-11-22-41-42-32-29-34-14-5-7-19-40(34)49(42)53-50(41)47/h1-32H. The monoisotopic (exact) mass is 676 g/mol. The first-order chi connectivity index (χ1) is 26.3. The maximum absolute atomic E-state index is 6.99. The zero-order valence-corrected chi connectivity index (χ0v) is 28.8. The molecule has 0 aliphatic carbocycles.